The molecule has 1 unspecified atom stereocenters. The summed E-state index contributed by atoms with van der Waals surface area (Å²) in [5.41, 5.74) is 1.67. The Morgan fingerprint density at radius 1 is 1.23 bits per heavy atom. The number of carboxylic acid groups (broad SMARTS) is 1. The van der Waals surface area contributed by atoms with E-state index in [1.807, 2.05) is 48.5 Å². The van der Waals surface area contributed by atoms with Gasteiger partial charge in [0.05, 0.1) is 23.5 Å². The van der Waals surface area contributed by atoms with Gasteiger partial charge in [-0.2, -0.15) is 0 Å². The summed E-state index contributed by atoms with van der Waals surface area (Å²) in [6, 6.07) is 15.8. The van der Waals surface area contributed by atoms with Crippen molar-refractivity contribution in [3.63, 3.8) is 0 Å². The van der Waals surface area contributed by atoms with Gasteiger partial charge in [-0.25, -0.2) is 9.50 Å². The molecule has 2 N–H and O–H groups in total. The lowest BCUT2D eigenvalue weighted by molar-refractivity contribution is -0.138. The maximum atomic E-state index is 12.7. The van der Waals surface area contributed by atoms with E-state index in [0.29, 0.717) is 11.4 Å². The minimum atomic E-state index is -1.07. The molecular weight excluding hydrogens is 402 g/mol. The lowest BCUT2D eigenvalue weighted by Gasteiger charge is -2.10. The Morgan fingerprint density at radius 3 is 2.70 bits per heavy atom. The zero-order valence-electron chi connectivity index (χ0n) is 16.3. The number of benzene rings is 2. The molecule has 0 bridgehead atoms. The van der Waals surface area contributed by atoms with Crippen LogP contribution in [0.5, 0.6) is 5.75 Å². The highest BCUT2D eigenvalue weighted by Gasteiger charge is 2.21. The van der Waals surface area contributed by atoms with Crippen molar-refractivity contribution in [3.05, 3.63) is 76.8 Å². The second kappa shape index (κ2) is 8.08. The van der Waals surface area contributed by atoms with Gasteiger partial charge in [0.25, 0.3) is 5.56 Å². The normalized spacial score (nSPS) is 12.1. The first-order valence-corrected chi connectivity index (χ1v) is 10.0. The Bertz CT molecular complexity index is 1280. The van der Waals surface area contributed by atoms with Crippen molar-refractivity contribution in [2.24, 2.45) is 0 Å². The second-order valence-corrected chi connectivity index (χ2v) is 7.82. The van der Waals surface area contributed by atoms with E-state index in [0.717, 1.165) is 20.9 Å². The van der Waals surface area contributed by atoms with Gasteiger partial charge < -0.3 is 9.84 Å². The predicted molar refractivity (Wildman–Crippen MR) is 114 cm³/mol. The molecule has 8 heteroatoms. The number of fused-ring (bicyclic) bond motifs is 1. The number of methoxy groups -OCH3 is 1. The van der Waals surface area contributed by atoms with Crippen LogP contribution in [-0.2, 0) is 4.79 Å². The number of rotatable bonds is 6. The third-order valence-corrected chi connectivity index (χ3v) is 5.91. The molecule has 2 aromatic heterocycles. The van der Waals surface area contributed by atoms with Crippen LogP contribution in [0.15, 0.2) is 75.5 Å². The Balaban J connectivity index is 1.74. The molecule has 0 amide bonds. The van der Waals surface area contributed by atoms with E-state index in [4.69, 9.17) is 4.74 Å². The summed E-state index contributed by atoms with van der Waals surface area (Å²) in [4.78, 5) is 30.4. The van der Waals surface area contributed by atoms with Crippen LogP contribution in [0.25, 0.3) is 16.8 Å². The molecule has 0 aliphatic heterocycles. The number of ether oxygens (including phenoxy) is 1. The summed E-state index contributed by atoms with van der Waals surface area (Å²) in [5.74, 6) is -1.31. The first kappa shape index (κ1) is 19.8. The Labute approximate surface area is 176 Å². The number of nitrogens with one attached hydrogen (secondary N) is 1. The van der Waals surface area contributed by atoms with E-state index in [2.05, 4.69) is 10.1 Å². The summed E-state index contributed by atoms with van der Waals surface area (Å²) in [6.07, 6.45) is 3.02. The van der Waals surface area contributed by atoms with Gasteiger partial charge in [-0.3, -0.25) is 14.7 Å². The quantitative estimate of drug-likeness (QED) is 0.488. The molecule has 0 radical (unpaired) electrons. The fourth-order valence-electron chi connectivity index (χ4n) is 3.15. The topological polar surface area (TPSA) is 96.7 Å². The average Bonchev–Trinajstić information content (AvgIpc) is 3.19. The summed E-state index contributed by atoms with van der Waals surface area (Å²) in [5, 5.41) is 12.1. The van der Waals surface area contributed by atoms with E-state index in [-0.39, 0.29) is 5.56 Å². The highest BCUT2D eigenvalue weighted by atomic mass is 32.2. The zero-order chi connectivity index (χ0) is 21.3. The molecule has 0 saturated carbocycles. The van der Waals surface area contributed by atoms with Gasteiger partial charge in [-0.1, -0.05) is 36.0 Å². The Hall–Kier alpha value is -3.52. The van der Waals surface area contributed by atoms with Crippen LogP contribution in [0, 0.1) is 0 Å². The SMILES string of the molecule is COc1cc(-c2c[nH]n3c(=O)c(C(C)C(=O)O)cnc23)ccc1Sc1ccccc1. The van der Waals surface area contributed by atoms with E-state index in [1.165, 1.54) is 17.6 Å². The Kier molecular flexibility index (Phi) is 5.33. The molecule has 1 atom stereocenters. The van der Waals surface area contributed by atoms with Crippen molar-refractivity contribution in [1.82, 2.24) is 14.6 Å². The first-order valence-electron chi connectivity index (χ1n) is 9.22. The van der Waals surface area contributed by atoms with Crippen molar-refractivity contribution in [2.75, 3.05) is 7.11 Å². The van der Waals surface area contributed by atoms with Gasteiger partial charge >= 0.3 is 5.97 Å². The van der Waals surface area contributed by atoms with Crippen LogP contribution < -0.4 is 10.3 Å². The molecule has 4 rings (SSSR count). The number of aliphatic carboxylic acids is 1. The molecule has 0 fully saturated rings. The van der Waals surface area contributed by atoms with Gasteiger partial charge in [0.1, 0.15) is 5.75 Å². The van der Waals surface area contributed by atoms with Gasteiger partial charge in [0.2, 0.25) is 0 Å². The third kappa shape index (κ3) is 3.57. The summed E-state index contributed by atoms with van der Waals surface area (Å²) >= 11 is 1.60. The van der Waals surface area contributed by atoms with Crippen molar-refractivity contribution in [2.45, 2.75) is 22.6 Å². The van der Waals surface area contributed by atoms with Gasteiger partial charge in [-0.05, 0) is 36.8 Å². The Morgan fingerprint density at radius 2 is 2.00 bits per heavy atom. The first-order chi connectivity index (χ1) is 14.5. The van der Waals surface area contributed by atoms with E-state index < -0.39 is 17.4 Å². The van der Waals surface area contributed by atoms with E-state index in [9.17, 15) is 14.7 Å². The number of hydrogen-bond acceptors (Lipinski definition) is 5. The molecule has 30 heavy (non-hydrogen) atoms. The number of H-pyrrole nitrogens is 1. The highest BCUT2D eigenvalue weighted by Crippen LogP contribution is 2.38. The molecule has 2 aromatic carbocycles. The number of nitrogens with zero attached hydrogens (tertiary/aromatic N) is 2. The molecule has 0 aliphatic rings. The predicted octanol–water partition coefficient (Wildman–Crippen LogP) is 4.04. The molecule has 0 aliphatic carbocycles. The number of carboxylic acids is 1. The van der Waals surface area contributed by atoms with Crippen LogP contribution in [0.4, 0.5) is 0 Å². The minimum Gasteiger partial charge on any atom is -0.496 e. The summed E-state index contributed by atoms with van der Waals surface area (Å²) < 4.78 is 6.85. The number of aromatic nitrogens is 3. The molecular formula is C22H19N3O4S. The molecule has 2 heterocycles. The lowest BCUT2D eigenvalue weighted by Crippen LogP contribution is -2.24. The number of aromatic amines is 1. The van der Waals surface area contributed by atoms with Crippen LogP contribution in [0.3, 0.4) is 0 Å². The van der Waals surface area contributed by atoms with E-state index >= 15 is 0 Å². The van der Waals surface area contributed by atoms with Crippen molar-refractivity contribution >= 4 is 23.4 Å². The molecule has 0 spiro atoms. The van der Waals surface area contributed by atoms with Crippen molar-refractivity contribution in [3.8, 4) is 16.9 Å². The summed E-state index contributed by atoms with van der Waals surface area (Å²) in [6.45, 7) is 1.46. The molecule has 7 nitrogen and oxygen atoms in total. The fraction of sp³-hybridized carbons (Fsp3) is 0.136. The van der Waals surface area contributed by atoms with Crippen LogP contribution in [0.2, 0.25) is 0 Å². The van der Waals surface area contributed by atoms with Crippen molar-refractivity contribution in [1.29, 1.82) is 0 Å². The van der Waals surface area contributed by atoms with Crippen LogP contribution in [-0.4, -0.2) is 32.8 Å². The number of hydrogen-bond donors (Lipinski definition) is 2. The van der Waals surface area contributed by atoms with E-state index in [1.54, 1.807) is 25.1 Å². The molecule has 0 saturated heterocycles. The maximum absolute atomic E-state index is 12.7. The lowest BCUT2D eigenvalue weighted by atomic mass is 10.1. The monoisotopic (exact) mass is 421 g/mol. The van der Waals surface area contributed by atoms with Crippen molar-refractivity contribution < 1.29 is 14.6 Å². The zero-order valence-corrected chi connectivity index (χ0v) is 17.1. The van der Waals surface area contributed by atoms with Crippen LogP contribution in [0.1, 0.15) is 18.4 Å². The average molecular weight is 421 g/mol. The highest BCUT2D eigenvalue weighted by molar-refractivity contribution is 7.99. The smallest absolute Gasteiger partial charge is 0.310 e. The largest absolute Gasteiger partial charge is 0.496 e. The standard InChI is InChI=1S/C22H19N3O4S/c1-13(22(27)28)16-11-23-20-17(12-24-25(20)21(16)26)14-8-9-19(18(10-14)29-2)30-15-6-4-3-5-7-15/h3-13,24H,1-2H3,(H,27,28). The maximum Gasteiger partial charge on any atom is 0.310 e. The minimum absolute atomic E-state index is 0.126. The van der Waals surface area contributed by atoms with Crippen LogP contribution >= 0.6 is 11.8 Å². The number of carbonyl (C=O) groups is 1. The van der Waals surface area contributed by atoms with Gasteiger partial charge in [0, 0.05) is 22.9 Å². The van der Waals surface area contributed by atoms with Gasteiger partial charge in [0.15, 0.2) is 5.65 Å². The third-order valence-electron chi connectivity index (χ3n) is 4.85. The summed E-state index contributed by atoms with van der Waals surface area (Å²) in [7, 11) is 1.62. The molecule has 4 aromatic rings. The fourth-order valence-corrected chi connectivity index (χ4v) is 4.08. The van der Waals surface area contributed by atoms with Gasteiger partial charge in [-0.15, -0.1) is 0 Å². The second-order valence-electron chi connectivity index (χ2n) is 6.71. The molecule has 152 valence electrons.